The van der Waals surface area contributed by atoms with Gasteiger partial charge >= 0.3 is 8.64 Å². The van der Waals surface area contributed by atoms with Gasteiger partial charge in [0, 0.05) is 7.11 Å². The SMILES string of the molecule is CN[Si](C)(N[Si](C)(C)C)OC. The van der Waals surface area contributed by atoms with Crippen LogP contribution in [0, 0.1) is 0 Å². The standard InChI is InChI=1S/C6H20N2OSi2/c1-7-11(6,9-2)8-10(3,4)5/h7-8H,1-6H3. The summed E-state index contributed by atoms with van der Waals surface area (Å²) >= 11 is 0. The molecule has 5 heteroatoms. The molecule has 0 aliphatic heterocycles. The molecular formula is C6H20N2OSi2. The van der Waals surface area contributed by atoms with Crippen molar-refractivity contribution >= 4 is 16.9 Å². The Morgan fingerprint density at radius 2 is 1.55 bits per heavy atom. The van der Waals surface area contributed by atoms with Crippen LogP contribution in [0.25, 0.3) is 0 Å². The van der Waals surface area contributed by atoms with Crippen LogP contribution in [-0.4, -0.2) is 31.0 Å². The van der Waals surface area contributed by atoms with Gasteiger partial charge in [-0.1, -0.05) is 19.6 Å². The molecule has 0 radical (unpaired) electrons. The molecule has 0 aromatic rings. The number of rotatable bonds is 4. The number of nitrogens with one attached hydrogen (secondary N) is 2. The minimum absolute atomic E-state index is 1.21. The highest BCUT2D eigenvalue weighted by Gasteiger charge is 2.32. The number of hydrogen-bond acceptors (Lipinski definition) is 3. The zero-order valence-corrected chi connectivity index (χ0v) is 10.4. The van der Waals surface area contributed by atoms with Gasteiger partial charge in [-0.25, -0.2) is 0 Å². The third kappa shape index (κ3) is 4.70. The summed E-state index contributed by atoms with van der Waals surface area (Å²) in [4.78, 5) is 3.22. The van der Waals surface area contributed by atoms with Gasteiger partial charge in [0.25, 0.3) is 0 Å². The van der Waals surface area contributed by atoms with Crippen molar-refractivity contribution in [1.82, 2.24) is 9.63 Å². The molecule has 0 bridgehead atoms. The first kappa shape index (κ1) is 11.3. The quantitative estimate of drug-likeness (QED) is 0.648. The van der Waals surface area contributed by atoms with Gasteiger partial charge in [0.15, 0.2) is 0 Å². The fourth-order valence-corrected chi connectivity index (χ4v) is 7.77. The van der Waals surface area contributed by atoms with E-state index in [0.29, 0.717) is 0 Å². The van der Waals surface area contributed by atoms with Gasteiger partial charge in [-0.3, -0.25) is 0 Å². The lowest BCUT2D eigenvalue weighted by Gasteiger charge is -2.32. The normalized spacial score (nSPS) is 18.0. The predicted molar refractivity (Wildman–Crippen MR) is 54.2 cm³/mol. The molecule has 2 N–H and O–H groups in total. The Morgan fingerprint density at radius 1 is 1.09 bits per heavy atom. The number of hydrogen-bond donors (Lipinski definition) is 2. The van der Waals surface area contributed by atoms with Crippen LogP contribution >= 0.6 is 0 Å². The van der Waals surface area contributed by atoms with Crippen molar-refractivity contribution in [3.8, 4) is 0 Å². The second kappa shape index (κ2) is 3.82. The van der Waals surface area contributed by atoms with Crippen molar-refractivity contribution in [2.24, 2.45) is 0 Å². The minimum Gasteiger partial charge on any atom is -0.396 e. The molecule has 1 unspecified atom stereocenters. The lowest BCUT2D eigenvalue weighted by molar-refractivity contribution is 0.383. The monoisotopic (exact) mass is 192 g/mol. The molecule has 68 valence electrons. The van der Waals surface area contributed by atoms with Crippen LogP contribution in [0.15, 0.2) is 0 Å². The largest absolute Gasteiger partial charge is 0.396 e. The summed E-state index contributed by atoms with van der Waals surface area (Å²) in [6.07, 6.45) is 0. The van der Waals surface area contributed by atoms with Crippen LogP contribution in [0.1, 0.15) is 0 Å². The maximum Gasteiger partial charge on any atom is 0.341 e. The van der Waals surface area contributed by atoms with Gasteiger partial charge in [0.2, 0.25) is 0 Å². The van der Waals surface area contributed by atoms with Crippen molar-refractivity contribution in [2.45, 2.75) is 26.2 Å². The van der Waals surface area contributed by atoms with Crippen LogP contribution in [0.2, 0.25) is 26.2 Å². The van der Waals surface area contributed by atoms with E-state index in [2.05, 4.69) is 35.8 Å². The van der Waals surface area contributed by atoms with Crippen LogP contribution in [0.3, 0.4) is 0 Å². The maximum absolute atomic E-state index is 5.41. The molecule has 0 saturated heterocycles. The van der Waals surface area contributed by atoms with E-state index in [4.69, 9.17) is 4.43 Å². The highest BCUT2D eigenvalue weighted by molar-refractivity contribution is 6.87. The van der Waals surface area contributed by atoms with Crippen molar-refractivity contribution in [2.75, 3.05) is 14.2 Å². The Hall–Kier alpha value is 0.314. The average Bonchev–Trinajstić information content (AvgIpc) is 1.84. The summed E-state index contributed by atoms with van der Waals surface area (Å²) in [6.45, 7) is 8.95. The fraction of sp³-hybridized carbons (Fsp3) is 1.00. The maximum atomic E-state index is 5.41. The van der Waals surface area contributed by atoms with E-state index in [1.54, 1.807) is 7.11 Å². The molecule has 3 nitrogen and oxygen atoms in total. The molecule has 0 aliphatic rings. The Labute approximate surface area is 71.9 Å². The lowest BCUT2D eigenvalue weighted by atomic mass is 11.6. The molecule has 0 heterocycles. The topological polar surface area (TPSA) is 33.3 Å². The van der Waals surface area contributed by atoms with Gasteiger partial charge in [-0.05, 0) is 13.6 Å². The van der Waals surface area contributed by atoms with Gasteiger partial charge in [0.1, 0.15) is 8.24 Å². The molecule has 0 aromatic carbocycles. The Bertz CT molecular complexity index is 120. The van der Waals surface area contributed by atoms with Crippen molar-refractivity contribution in [3.05, 3.63) is 0 Å². The summed E-state index contributed by atoms with van der Waals surface area (Å²) in [7, 11) is 0.726. The summed E-state index contributed by atoms with van der Waals surface area (Å²) in [5.74, 6) is 0. The first-order valence-corrected chi connectivity index (χ1v) is 9.77. The van der Waals surface area contributed by atoms with Crippen LogP contribution in [0.4, 0.5) is 0 Å². The fourth-order valence-electron chi connectivity index (χ4n) is 0.931. The third-order valence-electron chi connectivity index (χ3n) is 1.50. The summed E-state index contributed by atoms with van der Waals surface area (Å²) < 4.78 is 8.99. The molecule has 0 aliphatic carbocycles. The van der Waals surface area contributed by atoms with Crippen molar-refractivity contribution in [3.63, 3.8) is 0 Å². The average molecular weight is 192 g/mol. The van der Waals surface area contributed by atoms with Crippen molar-refractivity contribution in [1.29, 1.82) is 0 Å². The summed E-state index contributed by atoms with van der Waals surface area (Å²) in [6, 6.07) is 0. The highest BCUT2D eigenvalue weighted by atomic mass is 28.4. The second-order valence-electron chi connectivity index (χ2n) is 3.86. The molecule has 0 fully saturated rings. The first-order valence-electron chi connectivity index (χ1n) is 3.86. The molecule has 0 saturated carbocycles. The van der Waals surface area contributed by atoms with E-state index in [9.17, 15) is 0 Å². The Morgan fingerprint density at radius 3 is 1.64 bits per heavy atom. The van der Waals surface area contributed by atoms with Crippen LogP contribution in [0.5, 0.6) is 0 Å². The second-order valence-corrected chi connectivity index (χ2v) is 12.3. The van der Waals surface area contributed by atoms with E-state index >= 15 is 0 Å². The summed E-state index contributed by atoms with van der Waals surface area (Å²) in [5.41, 5.74) is 0. The first-order chi connectivity index (χ1) is 4.83. The third-order valence-corrected chi connectivity index (χ3v) is 8.18. The molecule has 0 aromatic heterocycles. The van der Waals surface area contributed by atoms with Crippen LogP contribution in [-0.2, 0) is 4.43 Å². The lowest BCUT2D eigenvalue weighted by Crippen LogP contribution is -2.67. The molecule has 0 amide bonds. The molecule has 1 atom stereocenters. The van der Waals surface area contributed by atoms with E-state index in [1.165, 1.54) is 0 Å². The molecule has 0 rings (SSSR count). The Balaban J connectivity index is 4.08. The van der Waals surface area contributed by atoms with Gasteiger partial charge in [0.05, 0.1) is 0 Å². The zero-order chi connectivity index (χ0) is 9.12. The van der Waals surface area contributed by atoms with Gasteiger partial charge < -0.3 is 14.1 Å². The predicted octanol–water partition coefficient (Wildman–Crippen LogP) is 0.845. The molecule has 11 heavy (non-hydrogen) atoms. The Kier molecular flexibility index (Phi) is 3.92. The highest BCUT2D eigenvalue weighted by Crippen LogP contribution is 2.01. The van der Waals surface area contributed by atoms with Crippen LogP contribution < -0.4 is 9.63 Å². The minimum atomic E-state index is -1.77. The van der Waals surface area contributed by atoms with Crippen molar-refractivity contribution < 1.29 is 4.43 Å². The zero-order valence-electron chi connectivity index (χ0n) is 8.41. The molecular weight excluding hydrogens is 172 g/mol. The van der Waals surface area contributed by atoms with E-state index in [0.717, 1.165) is 0 Å². The van der Waals surface area contributed by atoms with E-state index in [-0.39, 0.29) is 0 Å². The van der Waals surface area contributed by atoms with Gasteiger partial charge in [-0.15, -0.1) is 0 Å². The van der Waals surface area contributed by atoms with E-state index in [1.807, 2.05) is 7.05 Å². The smallest absolute Gasteiger partial charge is 0.341 e. The summed E-state index contributed by atoms with van der Waals surface area (Å²) in [5, 5.41) is 0. The van der Waals surface area contributed by atoms with Gasteiger partial charge in [-0.2, -0.15) is 0 Å². The molecule has 0 spiro atoms. The van der Waals surface area contributed by atoms with E-state index < -0.39 is 16.9 Å².